The summed E-state index contributed by atoms with van der Waals surface area (Å²) in [5.41, 5.74) is 6.25. The number of amides is 1. The molecule has 0 spiro atoms. The van der Waals surface area contributed by atoms with E-state index in [1.54, 1.807) is 6.20 Å². The van der Waals surface area contributed by atoms with Crippen LogP contribution >= 0.6 is 0 Å². The predicted molar refractivity (Wildman–Crippen MR) is 81.5 cm³/mol. The lowest BCUT2D eigenvalue weighted by Gasteiger charge is -2.20. The highest BCUT2D eigenvalue weighted by atomic mass is 16.4. The molecule has 0 unspecified atom stereocenters. The predicted octanol–water partition coefficient (Wildman–Crippen LogP) is 1.07. The molecule has 1 amide bonds. The summed E-state index contributed by atoms with van der Waals surface area (Å²) in [6, 6.07) is 8.63. The van der Waals surface area contributed by atoms with E-state index in [0.717, 1.165) is 5.56 Å². The molecule has 120 valence electrons. The molecule has 0 aliphatic carbocycles. The van der Waals surface area contributed by atoms with Crippen molar-refractivity contribution < 1.29 is 19.1 Å². The zero-order valence-electron chi connectivity index (χ0n) is 12.4. The number of oxazole rings is 1. The second-order valence-electron chi connectivity index (χ2n) is 5.47. The van der Waals surface area contributed by atoms with Gasteiger partial charge in [-0.25, -0.2) is 9.78 Å². The number of benzene rings is 1. The molecule has 2 aromatic rings. The Hall–Kier alpha value is -2.67. The molecule has 3 N–H and O–H groups in total. The van der Waals surface area contributed by atoms with Gasteiger partial charge >= 0.3 is 5.97 Å². The van der Waals surface area contributed by atoms with Gasteiger partial charge in [0.25, 0.3) is 0 Å². The number of likely N-dealkylation sites (tertiary alicyclic amines) is 1. The molecule has 7 nitrogen and oxygen atoms in total. The quantitative estimate of drug-likeness (QED) is 0.873. The molecule has 0 saturated carbocycles. The summed E-state index contributed by atoms with van der Waals surface area (Å²) in [6.07, 6.45) is 1.89. The van der Waals surface area contributed by atoms with Crippen LogP contribution in [0, 0.1) is 0 Å². The highest BCUT2D eigenvalue weighted by molar-refractivity contribution is 5.85. The summed E-state index contributed by atoms with van der Waals surface area (Å²) in [4.78, 5) is 28.7. The fourth-order valence-electron chi connectivity index (χ4n) is 2.85. The Bertz CT molecular complexity index is 713. The summed E-state index contributed by atoms with van der Waals surface area (Å²) in [5.74, 6) is -0.596. The van der Waals surface area contributed by atoms with Gasteiger partial charge in [0, 0.05) is 12.1 Å². The Balaban J connectivity index is 1.82. The average Bonchev–Trinajstić information content (AvgIpc) is 3.21. The monoisotopic (exact) mass is 315 g/mol. The number of aliphatic carboxylic acids is 1. The van der Waals surface area contributed by atoms with Crippen LogP contribution in [0.15, 0.2) is 40.9 Å². The summed E-state index contributed by atoms with van der Waals surface area (Å²) >= 11 is 0. The molecule has 2 heterocycles. The maximum Gasteiger partial charge on any atom is 0.326 e. The molecular formula is C16H17N3O4. The molecule has 1 aliphatic rings. The molecule has 1 fully saturated rings. The fraction of sp³-hybridized carbons (Fsp3) is 0.312. The molecule has 3 rings (SSSR count). The third-order valence-electron chi connectivity index (χ3n) is 4.01. The van der Waals surface area contributed by atoms with E-state index in [-0.39, 0.29) is 31.3 Å². The lowest BCUT2D eigenvalue weighted by atomic mass is 10.1. The Kier molecular flexibility index (Phi) is 4.12. The first kappa shape index (κ1) is 15.2. The van der Waals surface area contributed by atoms with Gasteiger partial charge in [-0.3, -0.25) is 4.79 Å². The van der Waals surface area contributed by atoms with Crippen LogP contribution in [-0.4, -0.2) is 46.0 Å². The third kappa shape index (κ3) is 2.95. The van der Waals surface area contributed by atoms with Crippen molar-refractivity contribution in [1.82, 2.24) is 9.88 Å². The summed E-state index contributed by atoms with van der Waals surface area (Å²) < 4.78 is 5.77. The van der Waals surface area contributed by atoms with Crippen molar-refractivity contribution in [2.24, 2.45) is 5.73 Å². The van der Waals surface area contributed by atoms with E-state index in [0.29, 0.717) is 11.7 Å². The Morgan fingerprint density at radius 3 is 2.74 bits per heavy atom. The molecule has 0 radical (unpaired) electrons. The van der Waals surface area contributed by atoms with Crippen molar-refractivity contribution in [3.05, 3.63) is 42.4 Å². The number of aromatic nitrogens is 1. The fourth-order valence-corrected chi connectivity index (χ4v) is 2.85. The van der Waals surface area contributed by atoms with Crippen molar-refractivity contribution in [1.29, 1.82) is 0 Å². The van der Waals surface area contributed by atoms with Gasteiger partial charge in [-0.05, 0) is 6.42 Å². The topological polar surface area (TPSA) is 110 Å². The second-order valence-corrected chi connectivity index (χ2v) is 5.47. The summed E-state index contributed by atoms with van der Waals surface area (Å²) in [5, 5.41) is 9.29. The first-order valence-electron chi connectivity index (χ1n) is 7.33. The van der Waals surface area contributed by atoms with E-state index in [2.05, 4.69) is 4.98 Å². The van der Waals surface area contributed by atoms with Crippen LogP contribution in [0.5, 0.6) is 0 Å². The zero-order chi connectivity index (χ0) is 16.4. The van der Waals surface area contributed by atoms with E-state index in [4.69, 9.17) is 10.2 Å². The van der Waals surface area contributed by atoms with Crippen molar-refractivity contribution in [2.45, 2.75) is 18.4 Å². The minimum absolute atomic E-state index is 0.211. The largest absolute Gasteiger partial charge is 0.480 e. The summed E-state index contributed by atoms with van der Waals surface area (Å²) in [7, 11) is 0. The first-order chi connectivity index (χ1) is 11.1. The number of rotatable bonds is 4. The maximum absolute atomic E-state index is 11.8. The Morgan fingerprint density at radius 1 is 1.35 bits per heavy atom. The van der Waals surface area contributed by atoms with Crippen LogP contribution in [-0.2, 0) is 9.59 Å². The molecular weight excluding hydrogens is 298 g/mol. The van der Waals surface area contributed by atoms with E-state index in [1.165, 1.54) is 4.90 Å². The van der Waals surface area contributed by atoms with Crippen LogP contribution in [0.3, 0.4) is 0 Å². The molecule has 1 aromatic carbocycles. The van der Waals surface area contributed by atoms with Crippen molar-refractivity contribution in [3.8, 4) is 11.3 Å². The maximum atomic E-state index is 11.8. The van der Waals surface area contributed by atoms with Crippen molar-refractivity contribution >= 4 is 11.9 Å². The highest BCUT2D eigenvalue weighted by Gasteiger charge is 2.41. The lowest BCUT2D eigenvalue weighted by Crippen LogP contribution is -2.43. The Labute approximate surface area is 132 Å². The smallest absolute Gasteiger partial charge is 0.326 e. The number of carbonyl (C=O) groups is 2. The van der Waals surface area contributed by atoms with Gasteiger partial charge in [0.1, 0.15) is 6.04 Å². The standard InChI is InChI=1S/C16H17N3O4/c17-7-14(20)19-9-11(6-12(19)16(21)22)15-18-8-13(23-15)10-4-2-1-3-5-10/h1-5,8,11-12H,6-7,9,17H2,(H,21,22)/t11-,12+/m1/s1. The number of carboxylic acids is 1. The molecule has 1 aliphatic heterocycles. The van der Waals surface area contributed by atoms with Gasteiger partial charge < -0.3 is 20.2 Å². The van der Waals surface area contributed by atoms with Crippen molar-refractivity contribution in [3.63, 3.8) is 0 Å². The van der Waals surface area contributed by atoms with Gasteiger partial charge in [-0.15, -0.1) is 0 Å². The first-order valence-corrected chi connectivity index (χ1v) is 7.33. The lowest BCUT2D eigenvalue weighted by molar-refractivity contribution is -0.147. The van der Waals surface area contributed by atoms with Crippen LogP contribution in [0.1, 0.15) is 18.2 Å². The molecule has 23 heavy (non-hydrogen) atoms. The summed E-state index contributed by atoms with van der Waals surface area (Å²) in [6.45, 7) is 0.0408. The zero-order valence-corrected chi connectivity index (χ0v) is 12.4. The number of carbonyl (C=O) groups excluding carboxylic acids is 1. The van der Waals surface area contributed by atoms with Gasteiger partial charge in [0.15, 0.2) is 11.7 Å². The number of nitrogens with zero attached hydrogens (tertiary/aromatic N) is 2. The minimum Gasteiger partial charge on any atom is -0.480 e. The van der Waals surface area contributed by atoms with E-state index < -0.39 is 12.0 Å². The van der Waals surface area contributed by atoms with Crippen molar-refractivity contribution in [2.75, 3.05) is 13.1 Å². The van der Waals surface area contributed by atoms with Crippen LogP contribution < -0.4 is 5.73 Å². The molecule has 0 bridgehead atoms. The van der Waals surface area contributed by atoms with Gasteiger partial charge in [0.05, 0.1) is 18.7 Å². The number of hydrogen-bond donors (Lipinski definition) is 2. The normalized spacial score (nSPS) is 20.7. The molecule has 1 aromatic heterocycles. The van der Waals surface area contributed by atoms with Crippen LogP contribution in [0.2, 0.25) is 0 Å². The Morgan fingerprint density at radius 2 is 2.09 bits per heavy atom. The van der Waals surface area contributed by atoms with Crippen LogP contribution in [0.25, 0.3) is 11.3 Å². The average molecular weight is 315 g/mol. The third-order valence-corrected chi connectivity index (χ3v) is 4.01. The highest BCUT2D eigenvalue weighted by Crippen LogP contribution is 2.33. The van der Waals surface area contributed by atoms with Gasteiger partial charge in [-0.2, -0.15) is 0 Å². The SMILES string of the molecule is NCC(=O)N1C[C@H](c2ncc(-c3ccccc3)o2)C[C@H]1C(=O)O. The van der Waals surface area contributed by atoms with E-state index in [1.807, 2.05) is 30.3 Å². The number of carboxylic acid groups (broad SMARTS) is 1. The number of nitrogens with two attached hydrogens (primary N) is 1. The minimum atomic E-state index is -1.04. The van der Waals surface area contributed by atoms with Crippen LogP contribution in [0.4, 0.5) is 0 Å². The molecule has 7 heteroatoms. The molecule has 1 saturated heterocycles. The van der Waals surface area contributed by atoms with Gasteiger partial charge in [-0.1, -0.05) is 30.3 Å². The number of hydrogen-bond acceptors (Lipinski definition) is 5. The van der Waals surface area contributed by atoms with Gasteiger partial charge in [0.2, 0.25) is 5.91 Å². The van der Waals surface area contributed by atoms with E-state index >= 15 is 0 Å². The molecule has 2 atom stereocenters. The second kappa shape index (κ2) is 6.21. The van der Waals surface area contributed by atoms with E-state index in [9.17, 15) is 14.7 Å².